The van der Waals surface area contributed by atoms with Crippen molar-refractivity contribution in [2.45, 2.75) is 23.1 Å². The largest absolute Gasteiger partial charge is 0.354 e. The highest BCUT2D eigenvalue weighted by Gasteiger charge is 2.22. The van der Waals surface area contributed by atoms with E-state index >= 15 is 0 Å². The molecule has 0 aliphatic heterocycles. The highest BCUT2D eigenvalue weighted by Crippen LogP contribution is 2.25. The Balaban J connectivity index is 1.83. The van der Waals surface area contributed by atoms with Gasteiger partial charge >= 0.3 is 0 Å². The maximum Gasteiger partial charge on any atom is 0.252 e. The molecule has 2 aromatic rings. The minimum atomic E-state index is -3.47. The number of rotatable bonds is 10. The van der Waals surface area contributed by atoms with Crippen LogP contribution in [0.5, 0.6) is 0 Å². The van der Waals surface area contributed by atoms with Gasteiger partial charge in [-0.25, -0.2) is 12.7 Å². The summed E-state index contributed by atoms with van der Waals surface area (Å²) in [7, 11) is 1.93. The van der Waals surface area contributed by atoms with E-state index in [1.807, 2.05) is 43.3 Å². The summed E-state index contributed by atoms with van der Waals surface area (Å²) in [4.78, 5) is 14.2. The van der Waals surface area contributed by atoms with Crippen LogP contribution in [0.2, 0.25) is 5.02 Å². The molecule has 0 saturated heterocycles. The molecule has 1 N–H and O–H groups in total. The second-order valence-corrected chi connectivity index (χ2v) is 10.3. The summed E-state index contributed by atoms with van der Waals surface area (Å²) in [6, 6.07) is 10.8. The van der Waals surface area contributed by atoms with Crippen molar-refractivity contribution in [1.82, 2.24) is 14.5 Å². The van der Waals surface area contributed by atoms with Crippen molar-refractivity contribution in [3.63, 3.8) is 0 Å². The van der Waals surface area contributed by atoms with Gasteiger partial charge in [0.05, 0.1) is 6.04 Å². The van der Waals surface area contributed by atoms with Gasteiger partial charge in [-0.3, -0.25) is 4.79 Å². The fourth-order valence-corrected chi connectivity index (χ4v) is 5.43. The lowest BCUT2D eigenvalue weighted by atomic mass is 10.1. The van der Waals surface area contributed by atoms with Crippen LogP contribution in [0.15, 0.2) is 46.0 Å². The monoisotopic (exact) mass is 443 g/mol. The van der Waals surface area contributed by atoms with E-state index in [0.717, 1.165) is 5.56 Å². The topological polar surface area (TPSA) is 69.7 Å². The van der Waals surface area contributed by atoms with Crippen molar-refractivity contribution >= 4 is 38.9 Å². The molecule has 1 aromatic heterocycles. The second kappa shape index (κ2) is 10.4. The zero-order chi connectivity index (χ0) is 20.7. The van der Waals surface area contributed by atoms with Gasteiger partial charge in [-0.1, -0.05) is 35.9 Å². The van der Waals surface area contributed by atoms with Gasteiger partial charge in [0.1, 0.15) is 4.21 Å². The molecular weight excluding hydrogens is 418 g/mol. The number of carbonyl (C=O) groups excluding carboxylic acids is 1. The van der Waals surface area contributed by atoms with Crippen LogP contribution in [0.3, 0.4) is 0 Å². The minimum Gasteiger partial charge on any atom is -0.354 e. The van der Waals surface area contributed by atoms with E-state index in [2.05, 4.69) is 5.32 Å². The Bertz CT molecular complexity index is 870. The Labute approximate surface area is 176 Å². The predicted molar refractivity (Wildman–Crippen MR) is 114 cm³/mol. The Morgan fingerprint density at radius 2 is 1.89 bits per heavy atom. The average molecular weight is 444 g/mol. The van der Waals surface area contributed by atoms with Crippen LogP contribution in [0, 0.1) is 0 Å². The van der Waals surface area contributed by atoms with Gasteiger partial charge in [0.25, 0.3) is 10.0 Å². The first-order valence-corrected chi connectivity index (χ1v) is 11.6. The standard InChI is InChI=1S/C19H26ClN3O3S2/c1-22(2)17(15-8-4-5-9-16(15)20)14-21-18(24)10-6-12-23(3)28(25,26)19-11-7-13-27-19/h4-5,7-9,11,13,17H,6,10,12,14H2,1-3H3,(H,21,24). The second-order valence-electron chi connectivity index (χ2n) is 6.67. The number of nitrogens with one attached hydrogen (secondary N) is 1. The zero-order valence-corrected chi connectivity index (χ0v) is 18.6. The van der Waals surface area contributed by atoms with E-state index in [9.17, 15) is 13.2 Å². The van der Waals surface area contributed by atoms with E-state index in [1.165, 1.54) is 22.7 Å². The number of amides is 1. The first kappa shape index (κ1) is 22.8. The van der Waals surface area contributed by atoms with Gasteiger partial charge in [-0.05, 0) is 43.6 Å². The normalized spacial score (nSPS) is 13.1. The summed E-state index contributed by atoms with van der Waals surface area (Å²) < 4.78 is 26.3. The fourth-order valence-electron chi connectivity index (χ4n) is 2.76. The van der Waals surface area contributed by atoms with Crippen molar-refractivity contribution in [2.75, 3.05) is 34.2 Å². The van der Waals surface area contributed by atoms with Crippen molar-refractivity contribution in [1.29, 1.82) is 0 Å². The van der Waals surface area contributed by atoms with E-state index < -0.39 is 10.0 Å². The molecule has 9 heteroatoms. The smallest absolute Gasteiger partial charge is 0.252 e. The van der Waals surface area contributed by atoms with Crippen LogP contribution in [-0.4, -0.2) is 57.8 Å². The minimum absolute atomic E-state index is 0.0421. The van der Waals surface area contributed by atoms with E-state index in [4.69, 9.17) is 11.6 Å². The van der Waals surface area contributed by atoms with Gasteiger partial charge in [0.15, 0.2) is 0 Å². The molecule has 0 spiro atoms. The Hall–Kier alpha value is -1.45. The molecule has 0 fully saturated rings. The Kier molecular flexibility index (Phi) is 8.45. The first-order valence-electron chi connectivity index (χ1n) is 8.91. The Morgan fingerprint density at radius 1 is 1.18 bits per heavy atom. The summed E-state index contributed by atoms with van der Waals surface area (Å²) in [5.74, 6) is -0.110. The van der Waals surface area contributed by atoms with Gasteiger partial charge in [0, 0.05) is 31.6 Å². The predicted octanol–water partition coefficient (Wildman–Crippen LogP) is 3.22. The molecule has 1 heterocycles. The molecule has 1 unspecified atom stereocenters. The lowest BCUT2D eigenvalue weighted by molar-refractivity contribution is -0.121. The van der Waals surface area contributed by atoms with Gasteiger partial charge < -0.3 is 10.2 Å². The highest BCUT2D eigenvalue weighted by molar-refractivity contribution is 7.91. The number of hydrogen-bond donors (Lipinski definition) is 1. The number of thiophene rings is 1. The number of nitrogens with zero attached hydrogens (tertiary/aromatic N) is 2. The molecule has 1 atom stereocenters. The van der Waals surface area contributed by atoms with Crippen LogP contribution in [0.1, 0.15) is 24.4 Å². The van der Waals surface area contributed by atoms with Crippen molar-refractivity contribution in [2.24, 2.45) is 0 Å². The molecule has 1 aromatic carbocycles. The maximum absolute atomic E-state index is 12.4. The van der Waals surface area contributed by atoms with Gasteiger partial charge in [-0.15, -0.1) is 11.3 Å². The van der Waals surface area contributed by atoms with E-state index in [-0.39, 0.29) is 24.9 Å². The molecular formula is C19H26ClN3O3S2. The Morgan fingerprint density at radius 3 is 2.50 bits per heavy atom. The van der Waals surface area contributed by atoms with Crippen molar-refractivity contribution in [3.05, 3.63) is 52.4 Å². The van der Waals surface area contributed by atoms with Crippen LogP contribution >= 0.6 is 22.9 Å². The van der Waals surface area contributed by atoms with Gasteiger partial charge in [0.2, 0.25) is 5.91 Å². The highest BCUT2D eigenvalue weighted by atomic mass is 35.5. The molecule has 6 nitrogen and oxygen atoms in total. The molecule has 0 bridgehead atoms. The molecule has 0 aliphatic carbocycles. The third-order valence-electron chi connectivity index (χ3n) is 4.42. The molecule has 0 aliphatic rings. The van der Waals surface area contributed by atoms with E-state index in [0.29, 0.717) is 22.2 Å². The van der Waals surface area contributed by atoms with Crippen LogP contribution in [-0.2, 0) is 14.8 Å². The van der Waals surface area contributed by atoms with Crippen LogP contribution in [0.4, 0.5) is 0 Å². The fraction of sp³-hybridized carbons (Fsp3) is 0.421. The quantitative estimate of drug-likeness (QED) is 0.612. The zero-order valence-electron chi connectivity index (χ0n) is 16.3. The number of hydrogen-bond acceptors (Lipinski definition) is 5. The average Bonchev–Trinajstić information content (AvgIpc) is 3.18. The molecule has 0 saturated carbocycles. The van der Waals surface area contributed by atoms with Crippen LogP contribution in [0.25, 0.3) is 0 Å². The van der Waals surface area contributed by atoms with E-state index in [1.54, 1.807) is 17.5 Å². The summed E-state index contributed by atoms with van der Waals surface area (Å²) in [6.07, 6.45) is 0.707. The number of carbonyl (C=O) groups is 1. The molecule has 0 radical (unpaired) electrons. The third-order valence-corrected chi connectivity index (χ3v) is 7.99. The summed E-state index contributed by atoms with van der Waals surface area (Å²) in [5, 5.41) is 5.32. The summed E-state index contributed by atoms with van der Waals surface area (Å²) in [5.41, 5.74) is 0.955. The lowest BCUT2D eigenvalue weighted by Gasteiger charge is -2.26. The van der Waals surface area contributed by atoms with Gasteiger partial charge in [-0.2, -0.15) is 0 Å². The third kappa shape index (κ3) is 6.02. The van der Waals surface area contributed by atoms with Crippen molar-refractivity contribution in [3.8, 4) is 0 Å². The number of benzene rings is 1. The first-order chi connectivity index (χ1) is 13.2. The summed E-state index contributed by atoms with van der Waals surface area (Å²) in [6.45, 7) is 0.716. The maximum atomic E-state index is 12.4. The molecule has 2 rings (SSSR count). The lowest BCUT2D eigenvalue weighted by Crippen LogP contribution is -2.35. The summed E-state index contributed by atoms with van der Waals surface area (Å²) >= 11 is 7.47. The van der Waals surface area contributed by atoms with Crippen molar-refractivity contribution < 1.29 is 13.2 Å². The molecule has 28 heavy (non-hydrogen) atoms. The molecule has 154 valence electrons. The SMILES string of the molecule is CN(C)C(CNC(=O)CCCN(C)S(=O)(=O)c1cccs1)c1ccccc1Cl. The van der Waals surface area contributed by atoms with Crippen LogP contribution < -0.4 is 5.32 Å². The number of halogens is 1. The number of sulfonamides is 1. The number of likely N-dealkylation sites (N-methyl/N-ethyl adjacent to an activating group) is 1. The molecule has 1 amide bonds.